The van der Waals surface area contributed by atoms with Crippen LogP contribution in [-0.4, -0.2) is 11.4 Å². The van der Waals surface area contributed by atoms with Crippen molar-refractivity contribution in [3.8, 4) is 0 Å². The van der Waals surface area contributed by atoms with Gasteiger partial charge < -0.3 is 5.32 Å². The summed E-state index contributed by atoms with van der Waals surface area (Å²) >= 11 is 0. The molecular weight excluding hydrogens is 138 g/mol. The molecular formula is C9H15NO. The maximum Gasteiger partial charge on any atom is 0.222 e. The Morgan fingerprint density at radius 1 is 1.73 bits per heavy atom. The molecule has 0 aromatic heterocycles. The van der Waals surface area contributed by atoms with Gasteiger partial charge in [-0.2, -0.15) is 0 Å². The van der Waals surface area contributed by atoms with Crippen LogP contribution in [-0.2, 0) is 4.79 Å². The van der Waals surface area contributed by atoms with Crippen molar-refractivity contribution in [1.82, 2.24) is 5.32 Å². The van der Waals surface area contributed by atoms with Crippen molar-refractivity contribution in [2.45, 2.75) is 44.6 Å². The van der Waals surface area contributed by atoms with Crippen LogP contribution in [0.25, 0.3) is 0 Å². The van der Waals surface area contributed by atoms with E-state index in [2.05, 4.69) is 12.2 Å². The summed E-state index contributed by atoms with van der Waals surface area (Å²) in [5, 5.41) is 3.04. The summed E-state index contributed by atoms with van der Waals surface area (Å²) in [7, 11) is 0. The van der Waals surface area contributed by atoms with Crippen LogP contribution in [0.2, 0.25) is 0 Å². The average Bonchev–Trinajstić information content (AvgIpc) is 2.31. The van der Waals surface area contributed by atoms with E-state index in [4.69, 9.17) is 0 Å². The molecule has 1 spiro atoms. The Hall–Kier alpha value is -0.530. The minimum atomic E-state index is 0.252. The summed E-state index contributed by atoms with van der Waals surface area (Å²) in [5.41, 5.74) is 0.262. The third-order valence-corrected chi connectivity index (χ3v) is 3.19. The topological polar surface area (TPSA) is 29.1 Å². The smallest absolute Gasteiger partial charge is 0.222 e. The fourth-order valence-electron chi connectivity index (χ4n) is 2.44. The zero-order chi connectivity index (χ0) is 7.90. The lowest BCUT2D eigenvalue weighted by Crippen LogP contribution is -2.59. The minimum absolute atomic E-state index is 0.252. The van der Waals surface area contributed by atoms with Crippen LogP contribution in [0.5, 0.6) is 0 Å². The van der Waals surface area contributed by atoms with Gasteiger partial charge in [0.2, 0.25) is 5.91 Å². The van der Waals surface area contributed by atoms with Crippen molar-refractivity contribution in [3.63, 3.8) is 0 Å². The molecule has 11 heavy (non-hydrogen) atoms. The number of β-lactam (4-membered cyclic amide) rings is 1. The first-order valence-corrected chi connectivity index (χ1v) is 4.55. The molecule has 2 aliphatic rings. The van der Waals surface area contributed by atoms with E-state index in [9.17, 15) is 4.79 Å². The van der Waals surface area contributed by atoms with Gasteiger partial charge in [-0.1, -0.05) is 13.3 Å². The second-order valence-corrected chi connectivity index (χ2v) is 4.02. The highest BCUT2D eigenvalue weighted by Gasteiger charge is 2.47. The third-order valence-electron chi connectivity index (χ3n) is 3.19. The standard InChI is InChI=1S/C9H15NO/c1-2-7-3-4-9(5-7)6-8(11)10-9/h7H,2-6H2,1H3,(H,10,11). The zero-order valence-corrected chi connectivity index (χ0v) is 7.02. The first kappa shape index (κ1) is 7.14. The molecule has 2 atom stereocenters. The highest BCUT2D eigenvalue weighted by molar-refractivity contribution is 5.84. The molecule has 1 N–H and O–H groups in total. The minimum Gasteiger partial charge on any atom is -0.350 e. The Morgan fingerprint density at radius 3 is 2.91 bits per heavy atom. The van der Waals surface area contributed by atoms with E-state index in [0.717, 1.165) is 12.3 Å². The molecule has 1 aliphatic carbocycles. The van der Waals surface area contributed by atoms with Gasteiger partial charge in [-0.3, -0.25) is 4.79 Å². The van der Waals surface area contributed by atoms with Gasteiger partial charge >= 0.3 is 0 Å². The molecule has 0 radical (unpaired) electrons. The Balaban J connectivity index is 1.94. The number of hydrogen-bond donors (Lipinski definition) is 1. The SMILES string of the molecule is CCC1CCC2(CC(=O)N2)C1. The van der Waals surface area contributed by atoms with Crippen LogP contribution < -0.4 is 5.32 Å². The normalized spacial score (nSPS) is 42.3. The Morgan fingerprint density at radius 2 is 2.45 bits per heavy atom. The number of carbonyl (C=O) groups excluding carboxylic acids is 1. The molecule has 2 nitrogen and oxygen atoms in total. The molecule has 0 aromatic carbocycles. The number of carbonyl (C=O) groups is 1. The van der Waals surface area contributed by atoms with Gasteiger partial charge in [0.15, 0.2) is 0 Å². The largest absolute Gasteiger partial charge is 0.350 e. The van der Waals surface area contributed by atoms with Gasteiger partial charge in [-0.15, -0.1) is 0 Å². The number of hydrogen-bond acceptors (Lipinski definition) is 1. The molecule has 1 saturated carbocycles. The van der Waals surface area contributed by atoms with Gasteiger partial charge in [0.1, 0.15) is 0 Å². The highest BCUT2D eigenvalue weighted by Crippen LogP contribution is 2.42. The lowest BCUT2D eigenvalue weighted by atomic mass is 9.84. The van der Waals surface area contributed by atoms with E-state index in [-0.39, 0.29) is 11.4 Å². The number of amides is 1. The molecule has 62 valence electrons. The average molecular weight is 153 g/mol. The summed E-state index contributed by atoms with van der Waals surface area (Å²) in [6.07, 6.45) is 5.84. The zero-order valence-electron chi connectivity index (χ0n) is 7.02. The van der Waals surface area contributed by atoms with Crippen molar-refractivity contribution >= 4 is 5.91 Å². The molecule has 2 unspecified atom stereocenters. The van der Waals surface area contributed by atoms with Crippen LogP contribution in [0.1, 0.15) is 39.0 Å². The maximum atomic E-state index is 10.7. The lowest BCUT2D eigenvalue weighted by Gasteiger charge is -2.39. The van der Waals surface area contributed by atoms with E-state index in [1.807, 2.05) is 0 Å². The summed E-state index contributed by atoms with van der Waals surface area (Å²) in [6.45, 7) is 2.24. The second-order valence-electron chi connectivity index (χ2n) is 4.02. The fourth-order valence-corrected chi connectivity index (χ4v) is 2.44. The van der Waals surface area contributed by atoms with Gasteiger partial charge in [-0.25, -0.2) is 0 Å². The first-order chi connectivity index (χ1) is 5.24. The van der Waals surface area contributed by atoms with E-state index < -0.39 is 0 Å². The van der Waals surface area contributed by atoms with E-state index in [1.165, 1.54) is 25.7 Å². The fraction of sp³-hybridized carbons (Fsp3) is 0.889. The van der Waals surface area contributed by atoms with Crippen molar-refractivity contribution in [2.75, 3.05) is 0 Å². The summed E-state index contributed by atoms with van der Waals surface area (Å²) in [6, 6.07) is 0. The number of nitrogens with one attached hydrogen (secondary N) is 1. The van der Waals surface area contributed by atoms with Gasteiger partial charge in [0.05, 0.1) is 0 Å². The first-order valence-electron chi connectivity index (χ1n) is 4.55. The van der Waals surface area contributed by atoms with Crippen molar-refractivity contribution in [3.05, 3.63) is 0 Å². The quantitative estimate of drug-likeness (QED) is 0.568. The van der Waals surface area contributed by atoms with E-state index >= 15 is 0 Å². The van der Waals surface area contributed by atoms with E-state index in [0.29, 0.717) is 0 Å². The molecule has 0 aromatic rings. The van der Waals surface area contributed by atoms with Crippen LogP contribution in [0.15, 0.2) is 0 Å². The summed E-state index contributed by atoms with van der Waals surface area (Å²) in [5.74, 6) is 1.12. The summed E-state index contributed by atoms with van der Waals surface area (Å²) < 4.78 is 0. The molecule has 1 saturated heterocycles. The van der Waals surface area contributed by atoms with Crippen LogP contribution in [0, 0.1) is 5.92 Å². The van der Waals surface area contributed by atoms with Crippen molar-refractivity contribution in [2.24, 2.45) is 5.92 Å². The molecule has 2 rings (SSSR count). The molecule has 1 heterocycles. The Kier molecular flexibility index (Phi) is 1.44. The highest BCUT2D eigenvalue weighted by atomic mass is 16.2. The van der Waals surface area contributed by atoms with Gasteiger partial charge in [0.25, 0.3) is 0 Å². The van der Waals surface area contributed by atoms with Gasteiger partial charge in [0, 0.05) is 12.0 Å². The molecule has 1 aliphatic heterocycles. The molecule has 1 amide bonds. The molecule has 0 bridgehead atoms. The van der Waals surface area contributed by atoms with Crippen molar-refractivity contribution < 1.29 is 4.79 Å². The van der Waals surface area contributed by atoms with Crippen LogP contribution in [0.3, 0.4) is 0 Å². The Labute approximate surface area is 67.4 Å². The van der Waals surface area contributed by atoms with Crippen LogP contribution in [0.4, 0.5) is 0 Å². The summed E-state index contributed by atoms with van der Waals surface area (Å²) in [4.78, 5) is 10.7. The molecule has 2 fully saturated rings. The van der Waals surface area contributed by atoms with Crippen molar-refractivity contribution in [1.29, 1.82) is 0 Å². The van der Waals surface area contributed by atoms with Gasteiger partial charge in [-0.05, 0) is 25.2 Å². The predicted molar refractivity (Wildman–Crippen MR) is 43.1 cm³/mol. The van der Waals surface area contributed by atoms with E-state index in [1.54, 1.807) is 0 Å². The predicted octanol–water partition coefficient (Wildman–Crippen LogP) is 1.46. The molecule has 2 heteroatoms. The third kappa shape index (κ3) is 1.05. The Bertz CT molecular complexity index is 180. The maximum absolute atomic E-state index is 10.7. The number of rotatable bonds is 1. The second kappa shape index (κ2) is 2.23. The lowest BCUT2D eigenvalue weighted by molar-refractivity contribution is -0.132. The monoisotopic (exact) mass is 153 g/mol. The van der Waals surface area contributed by atoms with Crippen LogP contribution >= 0.6 is 0 Å².